The van der Waals surface area contributed by atoms with E-state index in [1.54, 1.807) is 6.20 Å². The summed E-state index contributed by atoms with van der Waals surface area (Å²) in [6.07, 6.45) is 14.0. The van der Waals surface area contributed by atoms with E-state index in [4.69, 9.17) is 0 Å². The van der Waals surface area contributed by atoms with Gasteiger partial charge >= 0.3 is 0 Å². The number of hydrogen-bond donors (Lipinski definition) is 1. The van der Waals surface area contributed by atoms with E-state index in [0.717, 1.165) is 36.8 Å². The number of carbonyl (C=O) groups excluding carboxylic acids is 1. The van der Waals surface area contributed by atoms with Crippen LogP contribution >= 0.6 is 0 Å². The van der Waals surface area contributed by atoms with Crippen LogP contribution in [0.15, 0.2) is 18.3 Å². The number of aromatic nitrogens is 1. The Hall–Kier alpha value is -1.62. The predicted octanol–water partition coefficient (Wildman–Crippen LogP) is 4.02. The molecule has 28 heavy (non-hydrogen) atoms. The number of likely N-dealkylation sites (tertiary alicyclic amines) is 2. The second-order valence-electron chi connectivity index (χ2n) is 9.33. The fraction of sp³-hybridized carbons (Fsp3) is 0.739. The van der Waals surface area contributed by atoms with Crippen LogP contribution in [0.25, 0.3) is 0 Å². The topological polar surface area (TPSA) is 48.5 Å². The molecule has 1 aliphatic carbocycles. The lowest BCUT2D eigenvalue weighted by Gasteiger charge is -2.41. The summed E-state index contributed by atoms with van der Waals surface area (Å²) in [7, 11) is 1.84. The van der Waals surface area contributed by atoms with Gasteiger partial charge in [-0.05, 0) is 56.8 Å². The summed E-state index contributed by atoms with van der Waals surface area (Å²) in [6.45, 7) is 5.51. The normalized spacial score (nSPS) is 26.7. The molecule has 1 atom stereocenters. The molecule has 1 unspecified atom stereocenters. The summed E-state index contributed by atoms with van der Waals surface area (Å²) >= 11 is 0. The average Bonchev–Trinajstić information content (AvgIpc) is 3.15. The Bertz CT molecular complexity index is 672. The molecular weight excluding hydrogens is 348 g/mol. The second-order valence-corrected chi connectivity index (χ2v) is 9.33. The van der Waals surface area contributed by atoms with E-state index in [2.05, 4.69) is 20.1 Å². The molecule has 1 aromatic rings. The lowest BCUT2D eigenvalue weighted by molar-refractivity contribution is 0.0674. The summed E-state index contributed by atoms with van der Waals surface area (Å²) < 4.78 is 0. The minimum Gasteiger partial charge on any atom is -0.373 e. The number of piperidine rings is 1. The lowest BCUT2D eigenvalue weighted by atomic mass is 9.79. The third-order valence-electron chi connectivity index (χ3n) is 7.31. The smallest absolute Gasteiger partial charge is 0.254 e. The van der Waals surface area contributed by atoms with Crippen LogP contribution in [0, 0.1) is 11.3 Å². The summed E-state index contributed by atoms with van der Waals surface area (Å²) in [6, 6.07) is 3.70. The standard InChI is InChI=1S/C23H36N4O/c1-24-21-16-20(8-12-25-21)22(28)27-15-11-23(18-27)10-5-13-26(17-23)14-9-19-6-3-2-4-7-19/h8,12,16,19H,2-7,9-11,13-15,17-18H2,1H3,(H,24,25). The second kappa shape index (κ2) is 8.81. The molecule has 0 bridgehead atoms. The minimum absolute atomic E-state index is 0.162. The van der Waals surface area contributed by atoms with Crippen molar-refractivity contribution >= 4 is 11.7 Å². The van der Waals surface area contributed by atoms with Crippen molar-refractivity contribution in [3.05, 3.63) is 23.9 Å². The minimum atomic E-state index is 0.162. The van der Waals surface area contributed by atoms with Gasteiger partial charge in [0.05, 0.1) is 0 Å². The number of amides is 1. The molecule has 154 valence electrons. The van der Waals surface area contributed by atoms with E-state index in [1.807, 2.05) is 19.2 Å². The Morgan fingerprint density at radius 2 is 2.04 bits per heavy atom. The molecule has 1 saturated carbocycles. The van der Waals surface area contributed by atoms with Crippen molar-refractivity contribution in [3.63, 3.8) is 0 Å². The van der Waals surface area contributed by atoms with Crippen molar-refractivity contribution in [2.75, 3.05) is 45.1 Å². The third-order valence-corrected chi connectivity index (χ3v) is 7.31. The van der Waals surface area contributed by atoms with Crippen LogP contribution in [0.4, 0.5) is 5.82 Å². The van der Waals surface area contributed by atoms with E-state index in [1.165, 1.54) is 71.0 Å². The fourth-order valence-electron chi connectivity index (χ4n) is 5.67. The van der Waals surface area contributed by atoms with Gasteiger partial charge in [-0.25, -0.2) is 4.98 Å². The highest BCUT2D eigenvalue weighted by Crippen LogP contribution is 2.40. The van der Waals surface area contributed by atoms with Crippen LogP contribution < -0.4 is 5.32 Å². The van der Waals surface area contributed by atoms with E-state index >= 15 is 0 Å². The molecule has 5 heteroatoms. The predicted molar refractivity (Wildman–Crippen MR) is 114 cm³/mol. The Morgan fingerprint density at radius 1 is 1.18 bits per heavy atom. The molecule has 1 N–H and O–H groups in total. The van der Waals surface area contributed by atoms with Crippen molar-refractivity contribution in [2.45, 2.75) is 57.8 Å². The van der Waals surface area contributed by atoms with Gasteiger partial charge in [-0.1, -0.05) is 32.1 Å². The fourth-order valence-corrected chi connectivity index (χ4v) is 5.67. The van der Waals surface area contributed by atoms with Crippen LogP contribution in [0.1, 0.15) is 68.1 Å². The van der Waals surface area contributed by atoms with Crippen molar-refractivity contribution in [3.8, 4) is 0 Å². The van der Waals surface area contributed by atoms with E-state index in [-0.39, 0.29) is 5.91 Å². The first-order valence-corrected chi connectivity index (χ1v) is 11.3. The number of anilines is 1. The van der Waals surface area contributed by atoms with Gasteiger partial charge in [0, 0.05) is 43.9 Å². The Morgan fingerprint density at radius 3 is 2.86 bits per heavy atom. The molecule has 3 heterocycles. The SMILES string of the molecule is CNc1cc(C(=O)N2CCC3(CCCN(CCC4CCCCC4)C3)C2)ccn1. The third kappa shape index (κ3) is 4.51. The first-order chi connectivity index (χ1) is 13.7. The molecular formula is C23H36N4O. The first kappa shape index (κ1) is 19.7. The molecule has 1 aromatic heterocycles. The van der Waals surface area contributed by atoms with Gasteiger partial charge in [-0.3, -0.25) is 4.79 Å². The number of nitrogens with zero attached hydrogens (tertiary/aromatic N) is 3. The zero-order valence-electron chi connectivity index (χ0n) is 17.5. The molecule has 1 spiro atoms. The molecule has 0 aromatic carbocycles. The summed E-state index contributed by atoms with van der Waals surface area (Å²) in [4.78, 5) is 22.0. The molecule has 2 saturated heterocycles. The number of pyridine rings is 1. The van der Waals surface area contributed by atoms with Gasteiger partial charge in [0.15, 0.2) is 0 Å². The van der Waals surface area contributed by atoms with E-state index in [9.17, 15) is 4.79 Å². The number of rotatable bonds is 5. The maximum absolute atomic E-state index is 13.0. The van der Waals surface area contributed by atoms with Crippen molar-refractivity contribution in [2.24, 2.45) is 11.3 Å². The Balaban J connectivity index is 1.33. The summed E-state index contributed by atoms with van der Waals surface area (Å²) in [5.74, 6) is 1.88. The Labute approximate surface area is 169 Å². The lowest BCUT2D eigenvalue weighted by Crippen LogP contribution is -2.45. The summed E-state index contributed by atoms with van der Waals surface area (Å²) in [5, 5.41) is 3.03. The maximum Gasteiger partial charge on any atom is 0.254 e. The largest absolute Gasteiger partial charge is 0.373 e. The van der Waals surface area contributed by atoms with Crippen molar-refractivity contribution < 1.29 is 4.79 Å². The van der Waals surface area contributed by atoms with Crippen LogP contribution in [-0.2, 0) is 0 Å². The van der Waals surface area contributed by atoms with Crippen LogP contribution in [0.2, 0.25) is 0 Å². The van der Waals surface area contributed by atoms with Gasteiger partial charge in [0.1, 0.15) is 5.82 Å². The molecule has 3 aliphatic rings. The van der Waals surface area contributed by atoms with Gasteiger partial charge < -0.3 is 15.1 Å². The molecule has 0 radical (unpaired) electrons. The molecule has 4 rings (SSSR count). The van der Waals surface area contributed by atoms with Gasteiger partial charge in [-0.15, -0.1) is 0 Å². The number of carbonyl (C=O) groups is 1. The van der Waals surface area contributed by atoms with Crippen molar-refractivity contribution in [1.82, 2.24) is 14.8 Å². The highest BCUT2D eigenvalue weighted by molar-refractivity contribution is 5.95. The highest BCUT2D eigenvalue weighted by atomic mass is 16.2. The summed E-state index contributed by atoms with van der Waals surface area (Å²) in [5.41, 5.74) is 1.07. The first-order valence-electron chi connectivity index (χ1n) is 11.3. The highest BCUT2D eigenvalue weighted by Gasteiger charge is 2.42. The van der Waals surface area contributed by atoms with Crippen LogP contribution in [0.5, 0.6) is 0 Å². The molecule has 3 fully saturated rings. The van der Waals surface area contributed by atoms with Crippen LogP contribution in [-0.4, -0.2) is 60.5 Å². The molecule has 1 amide bonds. The van der Waals surface area contributed by atoms with Crippen molar-refractivity contribution in [1.29, 1.82) is 0 Å². The number of hydrogen-bond acceptors (Lipinski definition) is 4. The zero-order chi connectivity index (χ0) is 19.4. The van der Waals surface area contributed by atoms with Gasteiger partial charge in [0.2, 0.25) is 0 Å². The van der Waals surface area contributed by atoms with Crippen LogP contribution in [0.3, 0.4) is 0 Å². The maximum atomic E-state index is 13.0. The molecule has 2 aliphatic heterocycles. The van der Waals surface area contributed by atoms with E-state index in [0.29, 0.717) is 5.41 Å². The monoisotopic (exact) mass is 384 g/mol. The average molecular weight is 385 g/mol. The quantitative estimate of drug-likeness (QED) is 0.833. The Kier molecular flexibility index (Phi) is 6.19. The molecule has 5 nitrogen and oxygen atoms in total. The van der Waals surface area contributed by atoms with Gasteiger partial charge in [-0.2, -0.15) is 0 Å². The zero-order valence-corrected chi connectivity index (χ0v) is 17.5. The van der Waals surface area contributed by atoms with Gasteiger partial charge in [0.25, 0.3) is 5.91 Å². The number of nitrogens with one attached hydrogen (secondary N) is 1. The van der Waals surface area contributed by atoms with E-state index < -0.39 is 0 Å².